The Kier molecular flexibility index (Phi) is 3.10. The molecule has 1 aromatic rings. The van der Waals surface area contributed by atoms with E-state index in [9.17, 15) is 9.59 Å². The summed E-state index contributed by atoms with van der Waals surface area (Å²) >= 11 is 0. The van der Waals surface area contributed by atoms with E-state index in [0.717, 1.165) is 0 Å². The number of carboxylic acids is 1. The minimum Gasteiger partial charge on any atom is -0.478 e. The van der Waals surface area contributed by atoms with Crippen LogP contribution in [0.1, 0.15) is 22.8 Å². The third-order valence-electron chi connectivity index (χ3n) is 2.76. The summed E-state index contributed by atoms with van der Waals surface area (Å²) in [5.74, 6) is -1.12. The van der Waals surface area contributed by atoms with Gasteiger partial charge < -0.3 is 14.7 Å². The quantitative estimate of drug-likeness (QED) is 0.796. The van der Waals surface area contributed by atoms with Gasteiger partial charge in [0, 0.05) is 19.0 Å². The zero-order valence-corrected chi connectivity index (χ0v) is 9.47. The van der Waals surface area contributed by atoms with E-state index in [1.807, 2.05) is 0 Å². The lowest BCUT2D eigenvalue weighted by molar-refractivity contribution is -0.116. The van der Waals surface area contributed by atoms with Crippen LogP contribution in [0.25, 0.3) is 0 Å². The molecule has 1 N–H and O–H groups in total. The molecule has 2 rings (SSSR count). The monoisotopic (exact) mass is 235 g/mol. The number of hydrogen-bond acceptors (Lipinski definition) is 3. The molecule has 1 aromatic carbocycles. The van der Waals surface area contributed by atoms with Crippen LogP contribution in [0.5, 0.6) is 0 Å². The summed E-state index contributed by atoms with van der Waals surface area (Å²) in [5, 5.41) is 9.10. The second-order valence-electron chi connectivity index (χ2n) is 3.83. The largest absolute Gasteiger partial charge is 0.478 e. The summed E-state index contributed by atoms with van der Waals surface area (Å²) in [4.78, 5) is 24.2. The van der Waals surface area contributed by atoms with E-state index in [4.69, 9.17) is 9.84 Å². The number of aromatic carboxylic acids is 1. The van der Waals surface area contributed by atoms with E-state index >= 15 is 0 Å². The number of amides is 1. The number of ether oxygens (including phenoxy) is 1. The van der Waals surface area contributed by atoms with Gasteiger partial charge in [-0.2, -0.15) is 0 Å². The molecule has 0 atom stereocenters. The van der Waals surface area contributed by atoms with Crippen molar-refractivity contribution >= 4 is 17.6 Å². The Morgan fingerprint density at radius 2 is 2.18 bits per heavy atom. The van der Waals surface area contributed by atoms with Crippen molar-refractivity contribution in [3.8, 4) is 0 Å². The summed E-state index contributed by atoms with van der Waals surface area (Å²) in [6.45, 7) is 2.54. The van der Waals surface area contributed by atoms with Crippen molar-refractivity contribution in [2.45, 2.75) is 13.5 Å². The van der Waals surface area contributed by atoms with E-state index in [1.165, 1.54) is 13.0 Å². The van der Waals surface area contributed by atoms with Crippen molar-refractivity contribution in [3.63, 3.8) is 0 Å². The van der Waals surface area contributed by atoms with Crippen LogP contribution in [0.15, 0.2) is 18.2 Å². The van der Waals surface area contributed by atoms with Crippen molar-refractivity contribution in [2.75, 3.05) is 18.1 Å². The molecule has 0 unspecified atom stereocenters. The van der Waals surface area contributed by atoms with Gasteiger partial charge in [0.25, 0.3) is 0 Å². The van der Waals surface area contributed by atoms with Crippen LogP contribution < -0.4 is 4.90 Å². The Hall–Kier alpha value is -1.88. The highest BCUT2D eigenvalue weighted by atomic mass is 16.5. The molecule has 90 valence electrons. The van der Waals surface area contributed by atoms with Crippen molar-refractivity contribution < 1.29 is 19.4 Å². The highest BCUT2D eigenvalue weighted by molar-refractivity contribution is 5.96. The number of carboxylic acid groups (broad SMARTS) is 1. The molecule has 5 heteroatoms. The van der Waals surface area contributed by atoms with E-state index < -0.39 is 5.97 Å². The second-order valence-corrected chi connectivity index (χ2v) is 3.83. The fourth-order valence-corrected chi connectivity index (χ4v) is 1.96. The number of carbonyl (C=O) groups is 2. The van der Waals surface area contributed by atoms with Gasteiger partial charge in [-0.1, -0.05) is 6.07 Å². The molecule has 0 saturated carbocycles. The Morgan fingerprint density at radius 1 is 1.41 bits per heavy atom. The molecular formula is C12H13NO4. The molecule has 0 aliphatic carbocycles. The number of carbonyl (C=O) groups excluding carboxylic acids is 1. The molecule has 5 nitrogen and oxygen atoms in total. The average Bonchev–Trinajstić information content (AvgIpc) is 2.49. The Balaban J connectivity index is 2.56. The van der Waals surface area contributed by atoms with Gasteiger partial charge in [0.15, 0.2) is 0 Å². The first kappa shape index (κ1) is 11.6. The zero-order chi connectivity index (χ0) is 12.4. The average molecular weight is 235 g/mol. The molecular weight excluding hydrogens is 222 g/mol. The standard InChI is InChI=1S/C12H13NO4/c1-8(14)13-5-6-17-7-10-9(12(15)16)3-2-4-11(10)13/h2-4H,5-7H2,1H3,(H,15,16). The van der Waals surface area contributed by atoms with Gasteiger partial charge in [-0.05, 0) is 12.1 Å². The van der Waals surface area contributed by atoms with Crippen LogP contribution in [0.3, 0.4) is 0 Å². The van der Waals surface area contributed by atoms with Crippen LogP contribution in [-0.4, -0.2) is 30.1 Å². The van der Waals surface area contributed by atoms with Gasteiger partial charge in [-0.3, -0.25) is 4.79 Å². The Labute approximate surface area is 98.6 Å². The van der Waals surface area contributed by atoms with Gasteiger partial charge in [0.2, 0.25) is 5.91 Å². The van der Waals surface area contributed by atoms with Crippen molar-refractivity contribution in [1.29, 1.82) is 0 Å². The maximum Gasteiger partial charge on any atom is 0.336 e. The summed E-state index contributed by atoms with van der Waals surface area (Å²) in [6.07, 6.45) is 0. The number of nitrogens with zero attached hydrogens (tertiary/aromatic N) is 1. The predicted octanol–water partition coefficient (Wildman–Crippen LogP) is 1.27. The maximum absolute atomic E-state index is 11.5. The molecule has 1 aliphatic heterocycles. The Morgan fingerprint density at radius 3 is 2.82 bits per heavy atom. The number of hydrogen-bond donors (Lipinski definition) is 1. The summed E-state index contributed by atoms with van der Waals surface area (Å²) < 4.78 is 5.33. The van der Waals surface area contributed by atoms with Crippen molar-refractivity contribution in [2.24, 2.45) is 0 Å². The minimum absolute atomic E-state index is 0.112. The highest BCUT2D eigenvalue weighted by Crippen LogP contribution is 2.27. The van der Waals surface area contributed by atoms with Crippen molar-refractivity contribution in [3.05, 3.63) is 29.3 Å². The van der Waals surface area contributed by atoms with Gasteiger partial charge in [0.05, 0.1) is 24.5 Å². The first-order chi connectivity index (χ1) is 8.11. The molecule has 1 amide bonds. The number of benzene rings is 1. The van der Waals surface area contributed by atoms with Crippen LogP contribution in [0, 0.1) is 0 Å². The van der Waals surface area contributed by atoms with Crippen LogP contribution in [0.4, 0.5) is 5.69 Å². The van der Waals surface area contributed by atoms with Crippen LogP contribution >= 0.6 is 0 Å². The van der Waals surface area contributed by atoms with E-state index in [2.05, 4.69) is 0 Å². The van der Waals surface area contributed by atoms with E-state index in [-0.39, 0.29) is 18.1 Å². The molecule has 17 heavy (non-hydrogen) atoms. The molecule has 0 bridgehead atoms. The predicted molar refractivity (Wildman–Crippen MR) is 61.1 cm³/mol. The second kappa shape index (κ2) is 4.55. The number of fused-ring (bicyclic) bond motifs is 1. The summed E-state index contributed by atoms with van der Waals surface area (Å²) in [5.41, 5.74) is 1.39. The number of rotatable bonds is 1. The molecule has 0 spiro atoms. The lowest BCUT2D eigenvalue weighted by Crippen LogP contribution is -2.31. The SMILES string of the molecule is CC(=O)N1CCOCc2c(C(=O)O)cccc21. The maximum atomic E-state index is 11.5. The van der Waals surface area contributed by atoms with Crippen LogP contribution in [-0.2, 0) is 16.1 Å². The molecule has 0 radical (unpaired) electrons. The summed E-state index contributed by atoms with van der Waals surface area (Å²) in [7, 11) is 0. The summed E-state index contributed by atoms with van der Waals surface area (Å²) in [6, 6.07) is 4.91. The van der Waals surface area contributed by atoms with Gasteiger partial charge in [-0.15, -0.1) is 0 Å². The fraction of sp³-hybridized carbons (Fsp3) is 0.333. The molecule has 1 heterocycles. The lowest BCUT2D eigenvalue weighted by atomic mass is 10.1. The van der Waals surface area contributed by atoms with Gasteiger partial charge in [0.1, 0.15) is 0 Å². The van der Waals surface area contributed by atoms with Crippen molar-refractivity contribution in [1.82, 2.24) is 0 Å². The first-order valence-corrected chi connectivity index (χ1v) is 5.32. The normalized spacial score (nSPS) is 15.0. The topological polar surface area (TPSA) is 66.8 Å². The molecule has 1 aliphatic rings. The van der Waals surface area contributed by atoms with Gasteiger partial charge in [-0.25, -0.2) is 4.79 Å². The molecule has 0 aromatic heterocycles. The zero-order valence-electron chi connectivity index (χ0n) is 9.47. The highest BCUT2D eigenvalue weighted by Gasteiger charge is 2.22. The minimum atomic E-state index is -1.00. The Bertz CT molecular complexity index is 470. The lowest BCUT2D eigenvalue weighted by Gasteiger charge is -2.20. The fourth-order valence-electron chi connectivity index (χ4n) is 1.96. The first-order valence-electron chi connectivity index (χ1n) is 5.32. The number of anilines is 1. The third-order valence-corrected chi connectivity index (χ3v) is 2.76. The van der Waals surface area contributed by atoms with E-state index in [1.54, 1.807) is 17.0 Å². The van der Waals surface area contributed by atoms with Crippen LogP contribution in [0.2, 0.25) is 0 Å². The smallest absolute Gasteiger partial charge is 0.336 e. The molecule has 0 saturated heterocycles. The van der Waals surface area contributed by atoms with E-state index in [0.29, 0.717) is 24.4 Å². The third kappa shape index (κ3) is 2.14. The van der Waals surface area contributed by atoms with Gasteiger partial charge >= 0.3 is 5.97 Å². The molecule has 0 fully saturated rings.